The molecule has 0 spiro atoms. The van der Waals surface area contributed by atoms with Crippen molar-refractivity contribution in [1.29, 1.82) is 0 Å². The molecule has 0 N–H and O–H groups in total. The summed E-state index contributed by atoms with van der Waals surface area (Å²) in [6, 6.07) is 46.3. The molecular formula is C39H24N2O2. The van der Waals surface area contributed by atoms with Gasteiger partial charge in [-0.25, -0.2) is 4.98 Å². The van der Waals surface area contributed by atoms with Gasteiger partial charge in [-0.05, 0) is 47.5 Å². The zero-order valence-electron chi connectivity index (χ0n) is 23.1. The van der Waals surface area contributed by atoms with E-state index >= 15 is 0 Å². The minimum atomic E-state index is 0.882. The van der Waals surface area contributed by atoms with Crippen LogP contribution in [0.3, 0.4) is 0 Å². The Labute approximate surface area is 247 Å². The Morgan fingerprint density at radius 3 is 1.58 bits per heavy atom. The lowest BCUT2D eigenvalue weighted by Gasteiger charge is -2.19. The van der Waals surface area contributed by atoms with Crippen molar-refractivity contribution in [2.45, 2.75) is 0 Å². The molecule has 9 aromatic rings. The normalized spacial score (nSPS) is 11.7. The minimum Gasteiger partial charge on any atom is -0.456 e. The fourth-order valence-electron chi connectivity index (χ4n) is 6.34. The molecule has 202 valence electrons. The molecule has 3 aromatic heterocycles. The highest BCUT2D eigenvalue weighted by atomic mass is 16.3. The van der Waals surface area contributed by atoms with Crippen molar-refractivity contribution in [2.75, 3.05) is 0 Å². The first-order valence-electron chi connectivity index (χ1n) is 14.4. The number of imidazole rings is 1. The highest BCUT2D eigenvalue weighted by molar-refractivity contribution is 6.08. The van der Waals surface area contributed by atoms with Gasteiger partial charge >= 0.3 is 0 Å². The molecule has 6 aromatic carbocycles. The Morgan fingerprint density at radius 1 is 0.442 bits per heavy atom. The number of para-hydroxylation sites is 3. The number of hydrogen-bond donors (Lipinski definition) is 0. The summed E-state index contributed by atoms with van der Waals surface area (Å²) in [4.78, 5) is 4.83. The molecule has 4 heteroatoms. The van der Waals surface area contributed by atoms with Crippen molar-refractivity contribution in [3.8, 4) is 39.3 Å². The summed E-state index contributed by atoms with van der Waals surface area (Å²) in [7, 11) is 0. The van der Waals surface area contributed by atoms with Crippen molar-refractivity contribution in [2.24, 2.45) is 0 Å². The van der Waals surface area contributed by atoms with Gasteiger partial charge in [0, 0.05) is 50.6 Å². The molecule has 0 aliphatic rings. The van der Waals surface area contributed by atoms with Crippen molar-refractivity contribution in [3.05, 3.63) is 146 Å². The number of rotatable bonds is 4. The summed E-state index contributed by atoms with van der Waals surface area (Å²) in [5, 5.41) is 4.43. The van der Waals surface area contributed by atoms with Crippen molar-refractivity contribution in [1.82, 2.24) is 9.55 Å². The van der Waals surface area contributed by atoms with Gasteiger partial charge in [-0.2, -0.15) is 0 Å². The monoisotopic (exact) mass is 552 g/mol. The summed E-state index contributed by atoms with van der Waals surface area (Å²) in [6.07, 6.45) is 3.94. The van der Waals surface area contributed by atoms with E-state index in [2.05, 4.69) is 114 Å². The highest BCUT2D eigenvalue weighted by Gasteiger charge is 2.19. The van der Waals surface area contributed by atoms with Crippen molar-refractivity contribution < 1.29 is 8.83 Å². The van der Waals surface area contributed by atoms with Crippen LogP contribution in [0.15, 0.2) is 155 Å². The Morgan fingerprint density at radius 2 is 0.977 bits per heavy atom. The van der Waals surface area contributed by atoms with Crippen LogP contribution < -0.4 is 0 Å². The van der Waals surface area contributed by atoms with Gasteiger partial charge in [0.25, 0.3) is 0 Å². The molecule has 0 saturated heterocycles. The predicted octanol–water partition coefficient (Wildman–Crippen LogP) is 10.7. The van der Waals surface area contributed by atoms with E-state index in [9.17, 15) is 0 Å². The molecule has 0 bridgehead atoms. The van der Waals surface area contributed by atoms with Crippen LogP contribution in [0.4, 0.5) is 0 Å². The fourth-order valence-corrected chi connectivity index (χ4v) is 6.34. The first-order chi connectivity index (χ1) is 21.3. The van der Waals surface area contributed by atoms with Crippen LogP contribution in [0.2, 0.25) is 0 Å². The summed E-state index contributed by atoms with van der Waals surface area (Å²) < 4.78 is 14.5. The summed E-state index contributed by atoms with van der Waals surface area (Å²) >= 11 is 0. The van der Waals surface area contributed by atoms with Crippen LogP contribution >= 0.6 is 0 Å². The van der Waals surface area contributed by atoms with Gasteiger partial charge < -0.3 is 8.83 Å². The topological polar surface area (TPSA) is 44.1 Å². The molecule has 9 rings (SSSR count). The lowest BCUT2D eigenvalue weighted by Crippen LogP contribution is -2.02. The van der Waals surface area contributed by atoms with Crippen LogP contribution in [0, 0.1) is 0 Å². The minimum absolute atomic E-state index is 0.882. The average Bonchev–Trinajstić information content (AvgIpc) is 3.80. The quantitative estimate of drug-likeness (QED) is 0.218. The Balaban J connectivity index is 1.33. The highest BCUT2D eigenvalue weighted by Crippen LogP contribution is 2.41. The third-order valence-corrected chi connectivity index (χ3v) is 8.33. The van der Waals surface area contributed by atoms with E-state index in [4.69, 9.17) is 13.8 Å². The number of furan rings is 2. The van der Waals surface area contributed by atoms with Gasteiger partial charge in [-0.3, -0.25) is 4.57 Å². The third kappa shape index (κ3) is 3.74. The van der Waals surface area contributed by atoms with Crippen LogP contribution in [-0.4, -0.2) is 9.55 Å². The maximum absolute atomic E-state index is 6.16. The first-order valence-corrected chi connectivity index (χ1v) is 14.4. The standard InChI is InChI=1S/C39H24N2O2/c1-2-9-25(10-3-1)39-40-21-22-41(39)38-28(26-17-19-36-32(23-26)30-11-4-6-15-34(30)42-36)13-8-14-29(38)27-18-20-37-33(24-27)31-12-5-7-16-35(31)43-37/h1-24H. The zero-order chi connectivity index (χ0) is 28.3. The Kier molecular flexibility index (Phi) is 5.16. The van der Waals surface area contributed by atoms with Gasteiger partial charge in [0.05, 0.1) is 5.69 Å². The predicted molar refractivity (Wildman–Crippen MR) is 174 cm³/mol. The van der Waals surface area contributed by atoms with Gasteiger partial charge in [0.2, 0.25) is 0 Å². The fraction of sp³-hybridized carbons (Fsp3) is 0. The number of fused-ring (bicyclic) bond motifs is 6. The molecule has 0 aliphatic heterocycles. The largest absolute Gasteiger partial charge is 0.456 e. The average molecular weight is 553 g/mol. The van der Waals surface area contributed by atoms with Crippen LogP contribution in [0.25, 0.3) is 83.2 Å². The molecule has 0 saturated carbocycles. The summed E-state index contributed by atoms with van der Waals surface area (Å²) in [5.74, 6) is 0.888. The number of benzene rings is 6. The van der Waals surface area contributed by atoms with Gasteiger partial charge in [-0.15, -0.1) is 0 Å². The molecule has 0 atom stereocenters. The molecule has 0 amide bonds. The van der Waals surface area contributed by atoms with Gasteiger partial charge in [-0.1, -0.05) is 97.1 Å². The van der Waals surface area contributed by atoms with Crippen LogP contribution in [-0.2, 0) is 0 Å². The maximum Gasteiger partial charge on any atom is 0.144 e. The lowest BCUT2D eigenvalue weighted by atomic mass is 9.94. The Hall–Kier alpha value is -5.87. The third-order valence-electron chi connectivity index (χ3n) is 8.33. The van der Waals surface area contributed by atoms with Crippen LogP contribution in [0.1, 0.15) is 0 Å². The number of hydrogen-bond acceptors (Lipinski definition) is 3. The van der Waals surface area contributed by atoms with Crippen LogP contribution in [0.5, 0.6) is 0 Å². The summed E-state index contributed by atoms with van der Waals surface area (Å²) in [5.41, 5.74) is 10.1. The molecule has 4 nitrogen and oxygen atoms in total. The summed E-state index contributed by atoms with van der Waals surface area (Å²) in [6.45, 7) is 0. The van der Waals surface area contributed by atoms with E-state index in [1.165, 1.54) is 0 Å². The second-order valence-corrected chi connectivity index (χ2v) is 10.8. The van der Waals surface area contributed by atoms with Gasteiger partial charge in [0.15, 0.2) is 0 Å². The number of nitrogens with zero attached hydrogens (tertiary/aromatic N) is 2. The molecule has 0 radical (unpaired) electrons. The lowest BCUT2D eigenvalue weighted by molar-refractivity contribution is 0.668. The smallest absolute Gasteiger partial charge is 0.144 e. The van der Waals surface area contributed by atoms with E-state index in [0.29, 0.717) is 0 Å². The van der Waals surface area contributed by atoms with E-state index in [-0.39, 0.29) is 0 Å². The van der Waals surface area contributed by atoms with E-state index in [1.54, 1.807) is 0 Å². The first kappa shape index (κ1) is 23.8. The van der Waals surface area contributed by atoms with Gasteiger partial charge in [0.1, 0.15) is 28.2 Å². The zero-order valence-corrected chi connectivity index (χ0v) is 23.1. The molecule has 0 unspecified atom stereocenters. The Bertz CT molecular complexity index is 2330. The molecule has 0 fully saturated rings. The molecule has 0 aliphatic carbocycles. The van der Waals surface area contributed by atoms with E-state index in [1.807, 2.05) is 36.5 Å². The van der Waals surface area contributed by atoms with E-state index in [0.717, 1.165) is 83.2 Å². The number of aromatic nitrogens is 2. The van der Waals surface area contributed by atoms with Crippen molar-refractivity contribution >= 4 is 43.9 Å². The maximum atomic E-state index is 6.16. The molecular weight excluding hydrogens is 528 g/mol. The van der Waals surface area contributed by atoms with E-state index < -0.39 is 0 Å². The SMILES string of the molecule is c1ccc(-c2nccn2-c2c(-c3ccc4oc5ccccc5c4c3)cccc2-c2ccc3oc4ccccc4c3c2)cc1. The second-order valence-electron chi connectivity index (χ2n) is 10.8. The second kappa shape index (κ2) is 9.33. The molecule has 43 heavy (non-hydrogen) atoms. The molecule has 3 heterocycles. The van der Waals surface area contributed by atoms with Crippen molar-refractivity contribution in [3.63, 3.8) is 0 Å².